The van der Waals surface area contributed by atoms with Crippen LogP contribution in [0, 0.1) is 5.53 Å². The molecule has 0 unspecified atom stereocenters. The van der Waals surface area contributed by atoms with Crippen molar-refractivity contribution < 1.29 is 0 Å². The van der Waals surface area contributed by atoms with E-state index in [9.17, 15) is 0 Å². The summed E-state index contributed by atoms with van der Waals surface area (Å²) in [5, 5.41) is 8.71. The van der Waals surface area contributed by atoms with Gasteiger partial charge in [-0.15, -0.1) is 5.10 Å². The molecule has 0 fully saturated rings. The van der Waals surface area contributed by atoms with E-state index in [1.165, 1.54) is 6.34 Å². The SMILES string of the molecule is CNC=NNN=N. The average molecular weight is 101 g/mol. The van der Waals surface area contributed by atoms with Crippen molar-refractivity contribution in [3.05, 3.63) is 0 Å². The molecule has 0 saturated heterocycles. The molecule has 0 aliphatic heterocycles. The molecule has 0 radical (unpaired) electrons. The number of hydrogen-bond donors (Lipinski definition) is 3. The first kappa shape index (κ1) is 5.87. The maximum atomic E-state index is 6.15. The van der Waals surface area contributed by atoms with Crippen LogP contribution in [0.2, 0.25) is 0 Å². The summed E-state index contributed by atoms with van der Waals surface area (Å²) in [7, 11) is 1.70. The summed E-state index contributed by atoms with van der Waals surface area (Å²) < 4.78 is 0. The number of rotatable bonds is 3. The minimum Gasteiger partial charge on any atom is -0.378 e. The van der Waals surface area contributed by atoms with E-state index in [-0.39, 0.29) is 0 Å². The van der Waals surface area contributed by atoms with E-state index < -0.39 is 0 Å². The molecular weight excluding hydrogens is 94.1 g/mol. The molecule has 0 aliphatic carbocycles. The Balaban J connectivity index is 2.92. The fourth-order valence-corrected chi connectivity index (χ4v) is 0.122. The van der Waals surface area contributed by atoms with Crippen molar-refractivity contribution in [2.75, 3.05) is 7.05 Å². The van der Waals surface area contributed by atoms with Gasteiger partial charge in [0.2, 0.25) is 0 Å². The molecule has 0 spiro atoms. The van der Waals surface area contributed by atoms with Gasteiger partial charge in [0.25, 0.3) is 0 Å². The highest BCUT2D eigenvalue weighted by Crippen LogP contribution is 1.49. The first-order chi connectivity index (χ1) is 3.41. The van der Waals surface area contributed by atoms with Gasteiger partial charge in [-0.05, 0) is 0 Å². The Bertz CT molecular complexity index is 66.5. The van der Waals surface area contributed by atoms with E-state index in [0.29, 0.717) is 0 Å². The molecule has 0 aromatic carbocycles. The molecule has 0 saturated carbocycles. The number of hydrazone groups is 1. The smallest absolute Gasteiger partial charge is 0.110 e. The van der Waals surface area contributed by atoms with Crippen LogP contribution in [0.25, 0.3) is 0 Å². The third kappa shape index (κ3) is 4.87. The largest absolute Gasteiger partial charge is 0.378 e. The van der Waals surface area contributed by atoms with Crippen LogP contribution in [-0.4, -0.2) is 13.4 Å². The van der Waals surface area contributed by atoms with E-state index in [1.807, 2.05) is 5.53 Å². The molecule has 5 heteroatoms. The number of hydrogen-bond acceptors (Lipinski definition) is 3. The minimum absolute atomic E-state index is 1.39. The molecule has 0 heterocycles. The van der Waals surface area contributed by atoms with Crippen LogP contribution in [-0.2, 0) is 0 Å². The summed E-state index contributed by atoms with van der Waals surface area (Å²) in [6.45, 7) is 0. The van der Waals surface area contributed by atoms with Crippen molar-refractivity contribution in [2.24, 2.45) is 10.3 Å². The van der Waals surface area contributed by atoms with Gasteiger partial charge in [0.1, 0.15) is 6.34 Å². The van der Waals surface area contributed by atoms with Crippen molar-refractivity contribution in [2.45, 2.75) is 0 Å². The monoisotopic (exact) mass is 101 g/mol. The van der Waals surface area contributed by atoms with Gasteiger partial charge < -0.3 is 5.32 Å². The summed E-state index contributed by atoms with van der Waals surface area (Å²) in [5.41, 5.74) is 8.20. The zero-order chi connectivity index (χ0) is 5.54. The fourth-order valence-electron chi connectivity index (χ4n) is 0.122. The van der Waals surface area contributed by atoms with Crippen LogP contribution in [0.3, 0.4) is 0 Å². The molecule has 0 amide bonds. The van der Waals surface area contributed by atoms with Crippen LogP contribution in [0.15, 0.2) is 10.3 Å². The van der Waals surface area contributed by atoms with Crippen LogP contribution in [0.1, 0.15) is 0 Å². The number of nitrogens with zero attached hydrogens (tertiary/aromatic N) is 2. The lowest BCUT2D eigenvalue weighted by atomic mass is 11.2. The van der Waals surface area contributed by atoms with Gasteiger partial charge in [-0.1, -0.05) is 5.22 Å². The normalized spacial score (nSPS) is 8.71. The molecule has 0 atom stereocenters. The Kier molecular flexibility index (Phi) is 4.08. The lowest BCUT2D eigenvalue weighted by Crippen LogP contribution is -2.04. The summed E-state index contributed by atoms with van der Waals surface area (Å²) in [5.74, 6) is 0. The quantitative estimate of drug-likeness (QED) is 0.197. The van der Waals surface area contributed by atoms with Gasteiger partial charge in [0, 0.05) is 7.05 Å². The van der Waals surface area contributed by atoms with Crippen molar-refractivity contribution in [3.63, 3.8) is 0 Å². The highest BCUT2D eigenvalue weighted by molar-refractivity contribution is 5.52. The van der Waals surface area contributed by atoms with Crippen molar-refractivity contribution >= 4 is 6.34 Å². The van der Waals surface area contributed by atoms with E-state index in [2.05, 4.69) is 15.6 Å². The third-order valence-electron chi connectivity index (χ3n) is 0.301. The predicted octanol–water partition coefficient (Wildman–Crippen LogP) is -0.315. The molecule has 7 heavy (non-hydrogen) atoms. The molecule has 0 aromatic heterocycles. The first-order valence-electron chi connectivity index (χ1n) is 1.72. The van der Waals surface area contributed by atoms with E-state index in [1.54, 1.807) is 7.05 Å². The fraction of sp³-hybridized carbons (Fsp3) is 0.500. The van der Waals surface area contributed by atoms with E-state index >= 15 is 0 Å². The van der Waals surface area contributed by atoms with Crippen LogP contribution in [0.4, 0.5) is 0 Å². The Hall–Kier alpha value is -1.13. The lowest BCUT2D eigenvalue weighted by molar-refractivity contribution is 0.718. The number of nitrogens with one attached hydrogen (secondary N) is 3. The molecule has 3 N–H and O–H groups in total. The Morgan fingerprint density at radius 2 is 2.43 bits per heavy atom. The second-order valence-electron chi connectivity index (χ2n) is 0.759. The van der Waals surface area contributed by atoms with Crippen molar-refractivity contribution in [1.82, 2.24) is 10.9 Å². The molecule has 5 nitrogen and oxygen atoms in total. The Morgan fingerprint density at radius 3 is 2.86 bits per heavy atom. The van der Waals surface area contributed by atoms with Crippen LogP contribution in [0.5, 0.6) is 0 Å². The third-order valence-corrected chi connectivity index (χ3v) is 0.301. The highest BCUT2D eigenvalue weighted by atomic mass is 15.6. The van der Waals surface area contributed by atoms with Gasteiger partial charge in [-0.2, -0.15) is 11.1 Å². The maximum Gasteiger partial charge on any atom is 0.110 e. The van der Waals surface area contributed by atoms with Crippen LogP contribution < -0.4 is 10.9 Å². The molecule has 40 valence electrons. The summed E-state index contributed by atoms with van der Waals surface area (Å²) in [6, 6.07) is 0. The summed E-state index contributed by atoms with van der Waals surface area (Å²) >= 11 is 0. The highest BCUT2D eigenvalue weighted by Gasteiger charge is 1.57. The topological polar surface area (TPSA) is 72.6 Å². The zero-order valence-electron chi connectivity index (χ0n) is 3.97. The van der Waals surface area contributed by atoms with Gasteiger partial charge in [0.05, 0.1) is 0 Å². The molecule has 0 rings (SSSR count). The first-order valence-corrected chi connectivity index (χ1v) is 1.72. The van der Waals surface area contributed by atoms with E-state index in [4.69, 9.17) is 5.53 Å². The Morgan fingerprint density at radius 1 is 1.71 bits per heavy atom. The van der Waals surface area contributed by atoms with Crippen LogP contribution >= 0.6 is 0 Å². The van der Waals surface area contributed by atoms with Crippen molar-refractivity contribution in [3.8, 4) is 0 Å². The minimum atomic E-state index is 1.39. The van der Waals surface area contributed by atoms with Gasteiger partial charge in [0.15, 0.2) is 0 Å². The van der Waals surface area contributed by atoms with Gasteiger partial charge in [-0.3, -0.25) is 0 Å². The zero-order valence-corrected chi connectivity index (χ0v) is 3.97. The molecular formula is C2H7N5. The molecule has 0 aliphatic rings. The second kappa shape index (κ2) is 4.87. The summed E-state index contributed by atoms with van der Waals surface area (Å²) in [6.07, 6.45) is 1.39. The molecule has 0 aromatic rings. The summed E-state index contributed by atoms with van der Waals surface area (Å²) in [4.78, 5) is 0. The average Bonchev–Trinajstić information content (AvgIpc) is 1.69. The predicted molar refractivity (Wildman–Crippen MR) is 25.8 cm³/mol. The Labute approximate surface area is 41.3 Å². The molecule has 0 bridgehead atoms. The second-order valence-corrected chi connectivity index (χ2v) is 0.759. The van der Waals surface area contributed by atoms with Gasteiger partial charge in [-0.25, -0.2) is 0 Å². The standard InChI is InChI=1S/C2H7N5/c1-4-2-5-7-6-3/h2H,1H3,(H2,3,7)(H,4,5,6). The van der Waals surface area contributed by atoms with Crippen molar-refractivity contribution in [1.29, 1.82) is 5.53 Å². The van der Waals surface area contributed by atoms with E-state index in [0.717, 1.165) is 0 Å². The van der Waals surface area contributed by atoms with Gasteiger partial charge >= 0.3 is 0 Å². The lowest BCUT2D eigenvalue weighted by Gasteiger charge is -1.82. The maximum absolute atomic E-state index is 6.15.